The van der Waals surface area contributed by atoms with E-state index in [1.54, 1.807) is 24.3 Å². The highest BCUT2D eigenvalue weighted by atomic mass is 16.5. The van der Waals surface area contributed by atoms with Crippen LogP contribution in [-0.4, -0.2) is 48.5 Å². The average molecular weight is 316 g/mol. The third-order valence-electron chi connectivity index (χ3n) is 3.68. The van der Waals surface area contributed by atoms with E-state index < -0.39 is 30.0 Å². The molecule has 3 rings (SSSR count). The fourth-order valence-electron chi connectivity index (χ4n) is 2.58. The van der Waals surface area contributed by atoms with Crippen molar-refractivity contribution in [1.29, 1.82) is 0 Å². The summed E-state index contributed by atoms with van der Waals surface area (Å²) in [5.74, 6) is -1.13. The van der Waals surface area contributed by atoms with Crippen molar-refractivity contribution in [3.8, 4) is 5.75 Å². The minimum absolute atomic E-state index is 0.180. The van der Waals surface area contributed by atoms with Crippen molar-refractivity contribution in [2.45, 2.75) is 12.3 Å². The van der Waals surface area contributed by atoms with Crippen LogP contribution in [0.1, 0.15) is 0 Å². The number of carbonyl (C=O) groups excluding carboxylic acids is 4. The Hall–Kier alpha value is -3.16. The molecule has 2 atom stereocenters. The quantitative estimate of drug-likeness (QED) is 0.425. The Kier molecular flexibility index (Phi) is 3.57. The predicted molar refractivity (Wildman–Crippen MR) is 76.2 cm³/mol. The lowest BCUT2D eigenvalue weighted by Crippen LogP contribution is -2.72. The van der Waals surface area contributed by atoms with Crippen LogP contribution in [-0.2, 0) is 23.9 Å². The molecule has 8 heteroatoms. The minimum Gasteiger partial charge on any atom is -0.497 e. The van der Waals surface area contributed by atoms with Crippen molar-refractivity contribution in [2.75, 3.05) is 12.0 Å². The van der Waals surface area contributed by atoms with E-state index in [1.165, 1.54) is 12.0 Å². The third-order valence-corrected chi connectivity index (χ3v) is 3.68. The Morgan fingerprint density at radius 1 is 1.00 bits per heavy atom. The van der Waals surface area contributed by atoms with Gasteiger partial charge in [0.15, 0.2) is 6.04 Å². The Morgan fingerprint density at radius 2 is 1.61 bits per heavy atom. The minimum atomic E-state index is -1.16. The number of ether oxygens (including phenoxy) is 2. The molecule has 0 N–H and O–H groups in total. The molecule has 0 spiro atoms. The zero-order valence-electron chi connectivity index (χ0n) is 12.0. The lowest BCUT2D eigenvalue weighted by atomic mass is 10.0. The summed E-state index contributed by atoms with van der Waals surface area (Å²) >= 11 is 0. The molecule has 0 radical (unpaired) electrons. The maximum Gasteiger partial charge on any atom is 0.295 e. The fraction of sp³-hybridized carbons (Fsp3) is 0.200. The first-order valence-corrected chi connectivity index (χ1v) is 6.70. The van der Waals surface area contributed by atoms with E-state index in [1.807, 2.05) is 0 Å². The van der Waals surface area contributed by atoms with Gasteiger partial charge in [-0.1, -0.05) is 0 Å². The highest BCUT2D eigenvalue weighted by Gasteiger charge is 2.56. The maximum atomic E-state index is 12.4. The average Bonchev–Trinajstić information content (AvgIpc) is 2.88. The summed E-state index contributed by atoms with van der Waals surface area (Å²) in [5, 5.41) is 0. The number of amides is 3. The summed E-state index contributed by atoms with van der Waals surface area (Å²) in [7, 11) is 1.51. The molecular formula is C15H12N2O6. The largest absolute Gasteiger partial charge is 0.497 e. The van der Waals surface area contributed by atoms with E-state index in [0.29, 0.717) is 11.4 Å². The van der Waals surface area contributed by atoms with Crippen LogP contribution in [0.15, 0.2) is 36.4 Å². The van der Waals surface area contributed by atoms with Gasteiger partial charge in [-0.15, -0.1) is 0 Å². The van der Waals surface area contributed by atoms with Gasteiger partial charge in [0.1, 0.15) is 5.75 Å². The first kappa shape index (κ1) is 14.8. The number of hydrogen-bond acceptors (Lipinski definition) is 6. The van der Waals surface area contributed by atoms with Gasteiger partial charge in [0.25, 0.3) is 24.2 Å². The van der Waals surface area contributed by atoms with Crippen molar-refractivity contribution in [3.63, 3.8) is 0 Å². The molecular weight excluding hydrogens is 304 g/mol. The van der Waals surface area contributed by atoms with Crippen LogP contribution in [0, 0.1) is 0 Å². The molecule has 118 valence electrons. The lowest BCUT2D eigenvalue weighted by Gasteiger charge is -2.47. The Bertz CT molecular complexity index is 693. The topological polar surface area (TPSA) is 93.2 Å². The van der Waals surface area contributed by atoms with Crippen molar-refractivity contribution >= 4 is 29.9 Å². The van der Waals surface area contributed by atoms with Gasteiger partial charge in [-0.3, -0.25) is 29.0 Å². The van der Waals surface area contributed by atoms with Gasteiger partial charge in [0.2, 0.25) is 6.23 Å². The number of carbonyl (C=O) groups is 4. The number of imide groups is 1. The smallest absolute Gasteiger partial charge is 0.295 e. The van der Waals surface area contributed by atoms with Gasteiger partial charge >= 0.3 is 0 Å². The maximum absolute atomic E-state index is 12.4. The molecule has 0 aliphatic carbocycles. The van der Waals surface area contributed by atoms with Crippen molar-refractivity contribution in [2.24, 2.45) is 0 Å². The Morgan fingerprint density at radius 3 is 2.13 bits per heavy atom. The van der Waals surface area contributed by atoms with Crippen molar-refractivity contribution < 1.29 is 28.7 Å². The second-order valence-corrected chi connectivity index (χ2v) is 4.85. The van der Waals surface area contributed by atoms with E-state index in [-0.39, 0.29) is 6.47 Å². The third kappa shape index (κ3) is 2.24. The van der Waals surface area contributed by atoms with Crippen molar-refractivity contribution in [1.82, 2.24) is 4.90 Å². The summed E-state index contributed by atoms with van der Waals surface area (Å²) in [6.45, 7) is 0.180. The molecule has 1 aromatic carbocycles. The SMILES string of the molecule is COc1ccc(N2C(=O)[C@@H](N3C(=O)C=CC3=O)[C@H]2OC=O)cc1. The number of hydrogen-bond donors (Lipinski definition) is 0. The number of rotatable bonds is 5. The first-order chi connectivity index (χ1) is 11.1. The number of β-lactam (4-membered cyclic amide) rings is 1. The fourth-order valence-corrected chi connectivity index (χ4v) is 2.58. The normalized spacial score (nSPS) is 23.1. The van der Waals surface area contributed by atoms with Crippen LogP contribution < -0.4 is 9.64 Å². The van der Waals surface area contributed by atoms with E-state index >= 15 is 0 Å². The van der Waals surface area contributed by atoms with E-state index in [9.17, 15) is 19.2 Å². The van der Waals surface area contributed by atoms with Gasteiger partial charge < -0.3 is 9.47 Å². The molecule has 2 aliphatic rings. The van der Waals surface area contributed by atoms with Crippen LogP contribution in [0.25, 0.3) is 0 Å². The van der Waals surface area contributed by atoms with E-state index in [4.69, 9.17) is 9.47 Å². The predicted octanol–water partition coefficient (Wildman–Crippen LogP) is -0.166. The molecule has 1 aromatic rings. The number of nitrogens with zero attached hydrogens (tertiary/aromatic N) is 2. The monoisotopic (exact) mass is 316 g/mol. The van der Waals surface area contributed by atoms with E-state index in [2.05, 4.69) is 0 Å². The zero-order valence-corrected chi connectivity index (χ0v) is 12.0. The van der Waals surface area contributed by atoms with Gasteiger partial charge in [-0.05, 0) is 24.3 Å². The van der Waals surface area contributed by atoms with Crippen molar-refractivity contribution in [3.05, 3.63) is 36.4 Å². The molecule has 8 nitrogen and oxygen atoms in total. The molecule has 2 aliphatic heterocycles. The van der Waals surface area contributed by atoms with E-state index in [0.717, 1.165) is 17.1 Å². The molecule has 3 amide bonds. The Labute approximate surface area is 130 Å². The van der Waals surface area contributed by atoms with Gasteiger partial charge in [0.05, 0.1) is 7.11 Å². The summed E-state index contributed by atoms with van der Waals surface area (Å²) in [5.41, 5.74) is 0.464. The molecule has 23 heavy (non-hydrogen) atoms. The first-order valence-electron chi connectivity index (χ1n) is 6.70. The van der Waals surface area contributed by atoms with Crippen LogP contribution in [0.5, 0.6) is 5.75 Å². The van der Waals surface area contributed by atoms with Gasteiger partial charge in [-0.25, -0.2) is 0 Å². The second-order valence-electron chi connectivity index (χ2n) is 4.85. The summed E-state index contributed by atoms with van der Waals surface area (Å²) in [4.78, 5) is 48.6. The van der Waals surface area contributed by atoms with Gasteiger partial charge in [0, 0.05) is 17.8 Å². The summed E-state index contributed by atoms with van der Waals surface area (Å²) < 4.78 is 9.95. The summed E-state index contributed by atoms with van der Waals surface area (Å²) in [6, 6.07) is 5.35. The Balaban J connectivity index is 1.88. The number of anilines is 1. The molecule has 0 saturated carbocycles. The standard InChI is InChI=1S/C15H12N2O6/c1-22-10-4-2-9(3-5-10)16-14(21)13(15(16)23-8-18)17-11(19)6-7-12(17)20/h2-8,13,15H,1H3/t13-,15-/m1/s1. The lowest BCUT2D eigenvalue weighted by molar-refractivity contribution is -0.164. The molecule has 2 heterocycles. The molecule has 1 fully saturated rings. The van der Waals surface area contributed by atoms with Gasteiger partial charge in [-0.2, -0.15) is 0 Å². The highest BCUT2D eigenvalue weighted by Crippen LogP contribution is 2.34. The number of benzene rings is 1. The summed E-state index contributed by atoms with van der Waals surface area (Å²) in [6.07, 6.45) is 1.09. The molecule has 0 bridgehead atoms. The highest BCUT2D eigenvalue weighted by molar-refractivity contribution is 6.18. The molecule has 0 unspecified atom stereocenters. The zero-order chi connectivity index (χ0) is 16.6. The molecule has 1 saturated heterocycles. The van der Waals surface area contributed by atoms with Crippen LogP contribution in [0.3, 0.4) is 0 Å². The number of methoxy groups -OCH3 is 1. The second kappa shape index (κ2) is 5.56. The van der Waals surface area contributed by atoms with Crippen LogP contribution in [0.2, 0.25) is 0 Å². The van der Waals surface area contributed by atoms with Crippen LogP contribution >= 0.6 is 0 Å². The van der Waals surface area contributed by atoms with Crippen LogP contribution in [0.4, 0.5) is 5.69 Å². The molecule has 0 aromatic heterocycles.